The van der Waals surface area contributed by atoms with Crippen molar-refractivity contribution in [1.29, 1.82) is 0 Å². The minimum absolute atomic E-state index is 0.0918. The summed E-state index contributed by atoms with van der Waals surface area (Å²) in [4.78, 5) is 11.8. The van der Waals surface area contributed by atoms with Crippen molar-refractivity contribution in [2.45, 2.75) is 19.3 Å². The lowest BCUT2D eigenvalue weighted by molar-refractivity contribution is 0.0940. The zero-order valence-electron chi connectivity index (χ0n) is 9.65. The molecule has 0 saturated heterocycles. The van der Waals surface area contributed by atoms with Gasteiger partial charge in [0, 0.05) is 18.7 Å². The third-order valence-electron chi connectivity index (χ3n) is 3.33. The number of nitrogens with one attached hydrogen (secondary N) is 1. The van der Waals surface area contributed by atoms with Crippen LogP contribution in [0.5, 0.6) is 5.75 Å². The number of carbonyl (C=O) groups excluding carboxylic acids is 1. The molecule has 0 spiro atoms. The fourth-order valence-corrected chi connectivity index (χ4v) is 1.95. The topological polar surface area (TPSA) is 69.6 Å². The summed E-state index contributed by atoms with van der Waals surface area (Å²) in [7, 11) is 0. The van der Waals surface area contributed by atoms with E-state index < -0.39 is 0 Å². The molecule has 1 saturated carbocycles. The molecule has 1 amide bonds. The molecule has 0 unspecified atom stereocenters. The Bertz CT molecular complexity index is 413. The van der Waals surface area contributed by atoms with Crippen LogP contribution >= 0.6 is 0 Å². The summed E-state index contributed by atoms with van der Waals surface area (Å²) in [5.41, 5.74) is 0.575. The highest BCUT2D eigenvalue weighted by Gasteiger charge is 2.41. The quantitative estimate of drug-likeness (QED) is 0.720. The number of aliphatic hydroxyl groups excluding tert-OH is 1. The van der Waals surface area contributed by atoms with Crippen molar-refractivity contribution in [3.05, 3.63) is 29.8 Å². The van der Waals surface area contributed by atoms with Gasteiger partial charge in [-0.25, -0.2) is 0 Å². The molecule has 0 aromatic heterocycles. The highest BCUT2D eigenvalue weighted by Crippen LogP contribution is 2.47. The van der Waals surface area contributed by atoms with E-state index in [9.17, 15) is 9.90 Å². The average molecular weight is 235 g/mol. The minimum Gasteiger partial charge on any atom is -0.508 e. The summed E-state index contributed by atoms with van der Waals surface area (Å²) in [6, 6.07) is 6.29. The first kappa shape index (κ1) is 11.9. The molecule has 0 atom stereocenters. The van der Waals surface area contributed by atoms with Gasteiger partial charge in [-0.1, -0.05) is 6.07 Å². The summed E-state index contributed by atoms with van der Waals surface area (Å²) in [5.74, 6) is -0.0840. The largest absolute Gasteiger partial charge is 0.508 e. The maximum atomic E-state index is 11.8. The molecule has 0 heterocycles. The van der Waals surface area contributed by atoms with Gasteiger partial charge in [-0.2, -0.15) is 0 Å². The van der Waals surface area contributed by atoms with Gasteiger partial charge in [0.25, 0.3) is 5.91 Å². The first-order valence-electron chi connectivity index (χ1n) is 5.83. The van der Waals surface area contributed by atoms with E-state index in [0.29, 0.717) is 12.1 Å². The molecule has 92 valence electrons. The van der Waals surface area contributed by atoms with Crippen molar-refractivity contribution in [1.82, 2.24) is 5.32 Å². The maximum absolute atomic E-state index is 11.8. The molecule has 3 N–H and O–H groups in total. The molecule has 1 aliphatic rings. The fraction of sp³-hybridized carbons (Fsp3) is 0.462. The Morgan fingerprint density at radius 2 is 2.18 bits per heavy atom. The molecule has 17 heavy (non-hydrogen) atoms. The Morgan fingerprint density at radius 3 is 2.76 bits per heavy atom. The van der Waals surface area contributed by atoms with Crippen LogP contribution in [0.4, 0.5) is 0 Å². The van der Waals surface area contributed by atoms with Crippen molar-refractivity contribution in [2.24, 2.45) is 5.41 Å². The summed E-state index contributed by atoms with van der Waals surface area (Å²) in [5, 5.41) is 21.0. The van der Waals surface area contributed by atoms with Crippen molar-refractivity contribution in [2.75, 3.05) is 13.2 Å². The molecular weight excluding hydrogens is 218 g/mol. The highest BCUT2D eigenvalue weighted by molar-refractivity contribution is 5.94. The number of aliphatic hydroxyl groups is 1. The molecule has 1 aromatic carbocycles. The summed E-state index contributed by atoms with van der Waals surface area (Å²) < 4.78 is 0. The normalized spacial score (nSPS) is 16.5. The number of phenols is 1. The van der Waals surface area contributed by atoms with Crippen molar-refractivity contribution in [3.63, 3.8) is 0 Å². The van der Waals surface area contributed by atoms with Gasteiger partial charge < -0.3 is 15.5 Å². The second-order valence-electron chi connectivity index (χ2n) is 4.71. The van der Waals surface area contributed by atoms with Crippen LogP contribution in [0.2, 0.25) is 0 Å². The Kier molecular flexibility index (Phi) is 3.33. The zero-order valence-corrected chi connectivity index (χ0v) is 9.65. The maximum Gasteiger partial charge on any atom is 0.251 e. The third kappa shape index (κ3) is 2.97. The molecule has 4 heteroatoms. The van der Waals surface area contributed by atoms with Crippen molar-refractivity contribution >= 4 is 5.91 Å². The SMILES string of the molecule is O=C(NCC1(CCO)CC1)c1cccc(O)c1. The number of benzene rings is 1. The van der Waals surface area contributed by atoms with E-state index >= 15 is 0 Å². The first-order valence-corrected chi connectivity index (χ1v) is 5.83. The van der Waals surface area contributed by atoms with Crippen LogP contribution in [0.15, 0.2) is 24.3 Å². The third-order valence-corrected chi connectivity index (χ3v) is 3.33. The fourth-order valence-electron chi connectivity index (χ4n) is 1.95. The van der Waals surface area contributed by atoms with Crippen LogP contribution in [-0.4, -0.2) is 29.3 Å². The molecule has 0 aliphatic heterocycles. The van der Waals surface area contributed by atoms with Gasteiger partial charge in [-0.3, -0.25) is 4.79 Å². The Hall–Kier alpha value is -1.55. The Morgan fingerprint density at radius 1 is 1.41 bits per heavy atom. The van der Waals surface area contributed by atoms with Gasteiger partial charge in [0.1, 0.15) is 5.75 Å². The summed E-state index contributed by atoms with van der Waals surface area (Å²) >= 11 is 0. The lowest BCUT2D eigenvalue weighted by atomic mass is 10.0. The summed E-state index contributed by atoms with van der Waals surface area (Å²) in [6.07, 6.45) is 2.87. The number of carbonyl (C=O) groups is 1. The number of phenolic OH excluding ortho intramolecular Hbond substituents is 1. The van der Waals surface area contributed by atoms with Gasteiger partial charge in [-0.05, 0) is 42.9 Å². The van der Waals surface area contributed by atoms with E-state index in [2.05, 4.69) is 5.32 Å². The smallest absolute Gasteiger partial charge is 0.251 e. The van der Waals surface area contributed by atoms with Crippen LogP contribution in [-0.2, 0) is 0 Å². The molecule has 2 rings (SSSR count). The lowest BCUT2D eigenvalue weighted by Crippen LogP contribution is -2.30. The predicted molar refractivity (Wildman–Crippen MR) is 63.8 cm³/mol. The Balaban J connectivity index is 1.90. The standard InChI is InChI=1S/C13H17NO3/c15-7-6-13(4-5-13)9-14-12(17)10-2-1-3-11(16)8-10/h1-3,8,15-16H,4-7,9H2,(H,14,17). The zero-order chi connectivity index (χ0) is 12.3. The van der Waals surface area contributed by atoms with Gasteiger partial charge >= 0.3 is 0 Å². The monoisotopic (exact) mass is 235 g/mol. The van der Waals surface area contributed by atoms with Gasteiger partial charge in [0.2, 0.25) is 0 Å². The molecular formula is C13H17NO3. The van der Waals surface area contributed by atoms with E-state index in [1.807, 2.05) is 0 Å². The second-order valence-corrected chi connectivity index (χ2v) is 4.71. The predicted octanol–water partition coefficient (Wildman–Crippen LogP) is 1.28. The molecule has 1 aliphatic carbocycles. The van der Waals surface area contributed by atoms with E-state index in [1.165, 1.54) is 12.1 Å². The molecule has 4 nitrogen and oxygen atoms in total. The van der Waals surface area contributed by atoms with E-state index in [-0.39, 0.29) is 23.7 Å². The average Bonchev–Trinajstić information content (AvgIpc) is 3.07. The number of hydrogen-bond donors (Lipinski definition) is 3. The van der Waals surface area contributed by atoms with Crippen LogP contribution in [0, 0.1) is 5.41 Å². The van der Waals surface area contributed by atoms with E-state index in [4.69, 9.17) is 5.11 Å². The van der Waals surface area contributed by atoms with E-state index in [1.54, 1.807) is 12.1 Å². The molecule has 0 radical (unpaired) electrons. The van der Waals surface area contributed by atoms with Crippen molar-refractivity contribution in [3.8, 4) is 5.75 Å². The van der Waals surface area contributed by atoms with Crippen LogP contribution < -0.4 is 5.32 Å². The van der Waals surface area contributed by atoms with Gasteiger partial charge in [0.15, 0.2) is 0 Å². The lowest BCUT2D eigenvalue weighted by Gasteiger charge is -2.14. The number of rotatable bonds is 5. The van der Waals surface area contributed by atoms with Gasteiger partial charge in [-0.15, -0.1) is 0 Å². The number of hydrogen-bond acceptors (Lipinski definition) is 3. The first-order chi connectivity index (χ1) is 8.15. The van der Waals surface area contributed by atoms with E-state index in [0.717, 1.165) is 19.3 Å². The molecule has 1 fully saturated rings. The van der Waals surface area contributed by atoms with Gasteiger partial charge in [0.05, 0.1) is 0 Å². The highest BCUT2D eigenvalue weighted by atomic mass is 16.3. The van der Waals surface area contributed by atoms with Crippen molar-refractivity contribution < 1.29 is 15.0 Å². The van der Waals surface area contributed by atoms with Crippen LogP contribution in [0.3, 0.4) is 0 Å². The molecule has 1 aromatic rings. The van der Waals surface area contributed by atoms with Crippen LogP contribution in [0.1, 0.15) is 29.6 Å². The minimum atomic E-state index is -0.176. The number of aromatic hydroxyl groups is 1. The molecule has 0 bridgehead atoms. The second kappa shape index (κ2) is 4.75. The Labute approximate surface area is 100 Å². The number of amides is 1. The van der Waals surface area contributed by atoms with Crippen LogP contribution in [0.25, 0.3) is 0 Å². The summed E-state index contributed by atoms with van der Waals surface area (Å²) in [6.45, 7) is 0.768.